The smallest absolute Gasteiger partial charge is 0.352 e. The first-order valence-corrected chi connectivity index (χ1v) is 5.53. The van der Waals surface area contributed by atoms with E-state index in [-0.39, 0.29) is 11.4 Å². The summed E-state index contributed by atoms with van der Waals surface area (Å²) in [5.41, 5.74) is -0.469. The number of H-pyrrole nitrogens is 1. The normalized spacial score (nSPS) is 10.3. The van der Waals surface area contributed by atoms with Gasteiger partial charge in [0, 0.05) is 10.6 Å². The molecule has 0 spiro atoms. The SMILES string of the molecule is O=C(O)c1cc(-c2cc(Cl)ccc2Cl)nc(=O)[nH]1. The number of hydrogen-bond donors (Lipinski definition) is 2. The zero-order chi connectivity index (χ0) is 13.3. The van der Waals surface area contributed by atoms with Crippen LogP contribution in [0, 0.1) is 0 Å². The highest BCUT2D eigenvalue weighted by atomic mass is 35.5. The second-order valence-corrected chi connectivity index (χ2v) is 4.26. The zero-order valence-corrected chi connectivity index (χ0v) is 10.3. The minimum Gasteiger partial charge on any atom is -0.477 e. The van der Waals surface area contributed by atoms with Crippen LogP contribution in [0.1, 0.15) is 10.5 Å². The van der Waals surface area contributed by atoms with Gasteiger partial charge in [-0.2, -0.15) is 4.98 Å². The first kappa shape index (κ1) is 12.6. The highest BCUT2D eigenvalue weighted by Gasteiger charge is 2.11. The summed E-state index contributed by atoms with van der Waals surface area (Å²) < 4.78 is 0. The average molecular weight is 285 g/mol. The third-order valence-electron chi connectivity index (χ3n) is 2.18. The summed E-state index contributed by atoms with van der Waals surface area (Å²) in [7, 11) is 0. The van der Waals surface area contributed by atoms with E-state index in [2.05, 4.69) is 9.97 Å². The van der Waals surface area contributed by atoms with Gasteiger partial charge in [0.05, 0.1) is 10.7 Å². The molecule has 0 radical (unpaired) electrons. The highest BCUT2D eigenvalue weighted by molar-refractivity contribution is 6.35. The van der Waals surface area contributed by atoms with E-state index in [1.807, 2.05) is 0 Å². The van der Waals surface area contributed by atoms with Crippen molar-refractivity contribution in [2.75, 3.05) is 0 Å². The summed E-state index contributed by atoms with van der Waals surface area (Å²) in [6.45, 7) is 0. The lowest BCUT2D eigenvalue weighted by molar-refractivity contribution is 0.0690. The van der Waals surface area contributed by atoms with Crippen LogP contribution in [0.15, 0.2) is 29.1 Å². The van der Waals surface area contributed by atoms with Crippen molar-refractivity contribution in [2.45, 2.75) is 0 Å². The standard InChI is InChI=1S/C11H6Cl2N2O3/c12-5-1-2-7(13)6(3-5)8-4-9(10(16)17)15-11(18)14-8/h1-4H,(H,16,17)(H,14,15,18). The van der Waals surface area contributed by atoms with E-state index in [1.165, 1.54) is 12.1 Å². The van der Waals surface area contributed by atoms with Gasteiger partial charge in [0.15, 0.2) is 0 Å². The maximum atomic E-state index is 11.3. The molecule has 0 aliphatic rings. The van der Waals surface area contributed by atoms with Crippen LogP contribution in [0.3, 0.4) is 0 Å². The predicted octanol–water partition coefficient (Wildman–Crippen LogP) is 2.44. The Hall–Kier alpha value is -1.85. The number of nitrogens with one attached hydrogen (secondary N) is 1. The molecule has 0 atom stereocenters. The third-order valence-corrected chi connectivity index (χ3v) is 2.74. The van der Waals surface area contributed by atoms with Crippen LogP contribution in [0.2, 0.25) is 10.0 Å². The molecular formula is C11H6Cl2N2O3. The lowest BCUT2D eigenvalue weighted by Gasteiger charge is -2.04. The first-order chi connectivity index (χ1) is 8.47. The largest absolute Gasteiger partial charge is 0.477 e. The Morgan fingerprint density at radius 1 is 1.28 bits per heavy atom. The summed E-state index contributed by atoms with van der Waals surface area (Å²) >= 11 is 11.8. The van der Waals surface area contributed by atoms with Gasteiger partial charge in [-0.3, -0.25) is 4.98 Å². The van der Waals surface area contributed by atoms with Crippen LogP contribution in [0.4, 0.5) is 0 Å². The number of halogens is 2. The predicted molar refractivity (Wildman–Crippen MR) is 67.3 cm³/mol. The Bertz CT molecular complexity index is 682. The van der Waals surface area contributed by atoms with Crippen molar-refractivity contribution in [3.63, 3.8) is 0 Å². The van der Waals surface area contributed by atoms with Gasteiger partial charge < -0.3 is 5.11 Å². The molecule has 0 saturated heterocycles. The summed E-state index contributed by atoms with van der Waals surface area (Å²) in [5, 5.41) is 9.59. The van der Waals surface area contributed by atoms with Crippen LogP contribution in [-0.2, 0) is 0 Å². The van der Waals surface area contributed by atoms with E-state index in [0.717, 1.165) is 0 Å². The van der Waals surface area contributed by atoms with E-state index < -0.39 is 11.7 Å². The molecule has 0 amide bonds. The Kier molecular flexibility index (Phi) is 3.36. The van der Waals surface area contributed by atoms with Gasteiger partial charge in [-0.1, -0.05) is 23.2 Å². The van der Waals surface area contributed by atoms with Crippen molar-refractivity contribution in [3.8, 4) is 11.3 Å². The lowest BCUT2D eigenvalue weighted by Crippen LogP contribution is -2.16. The van der Waals surface area contributed by atoms with E-state index in [0.29, 0.717) is 15.6 Å². The minimum atomic E-state index is -1.26. The monoisotopic (exact) mass is 284 g/mol. The van der Waals surface area contributed by atoms with Crippen molar-refractivity contribution in [1.82, 2.24) is 9.97 Å². The van der Waals surface area contributed by atoms with E-state index in [9.17, 15) is 9.59 Å². The number of nitrogens with zero attached hydrogens (tertiary/aromatic N) is 1. The number of hydrogen-bond acceptors (Lipinski definition) is 3. The maximum absolute atomic E-state index is 11.3. The molecule has 1 aromatic heterocycles. The van der Waals surface area contributed by atoms with E-state index in [4.69, 9.17) is 28.3 Å². The molecule has 5 nitrogen and oxygen atoms in total. The molecule has 1 heterocycles. The summed E-state index contributed by atoms with van der Waals surface area (Å²) in [4.78, 5) is 27.9. The molecule has 0 aliphatic heterocycles. The molecule has 2 rings (SSSR count). The van der Waals surface area contributed by atoms with Crippen molar-refractivity contribution in [2.24, 2.45) is 0 Å². The molecule has 2 N–H and O–H groups in total. The fraction of sp³-hybridized carbons (Fsp3) is 0. The van der Waals surface area contributed by atoms with Gasteiger partial charge in [0.25, 0.3) is 0 Å². The second kappa shape index (κ2) is 4.80. The fourth-order valence-corrected chi connectivity index (χ4v) is 1.79. The highest BCUT2D eigenvalue weighted by Crippen LogP contribution is 2.28. The van der Waals surface area contributed by atoms with Gasteiger partial charge in [-0.05, 0) is 24.3 Å². The summed E-state index contributed by atoms with van der Waals surface area (Å²) in [6, 6.07) is 5.86. The van der Waals surface area contributed by atoms with Crippen molar-refractivity contribution in [3.05, 3.63) is 50.5 Å². The van der Waals surface area contributed by atoms with Crippen LogP contribution >= 0.6 is 23.2 Å². The van der Waals surface area contributed by atoms with Gasteiger partial charge in [0.2, 0.25) is 0 Å². The molecule has 1 aromatic carbocycles. The van der Waals surface area contributed by atoms with Crippen molar-refractivity contribution in [1.29, 1.82) is 0 Å². The molecule has 18 heavy (non-hydrogen) atoms. The Labute approximate surface area is 111 Å². The van der Waals surface area contributed by atoms with Crippen LogP contribution in [0.5, 0.6) is 0 Å². The van der Waals surface area contributed by atoms with Gasteiger partial charge in [-0.15, -0.1) is 0 Å². The van der Waals surface area contributed by atoms with Gasteiger partial charge >= 0.3 is 11.7 Å². The quantitative estimate of drug-likeness (QED) is 0.887. The summed E-state index contributed by atoms with van der Waals surface area (Å²) in [6.07, 6.45) is 0. The lowest BCUT2D eigenvalue weighted by atomic mass is 10.1. The molecule has 2 aromatic rings. The number of carbonyl (C=O) groups is 1. The number of carboxylic acids is 1. The molecule has 0 fully saturated rings. The van der Waals surface area contributed by atoms with Gasteiger partial charge in [0.1, 0.15) is 5.69 Å². The molecule has 92 valence electrons. The number of rotatable bonds is 2. The van der Waals surface area contributed by atoms with E-state index in [1.54, 1.807) is 12.1 Å². The van der Waals surface area contributed by atoms with Gasteiger partial charge in [-0.25, -0.2) is 9.59 Å². The third kappa shape index (κ3) is 2.52. The molecule has 0 unspecified atom stereocenters. The number of benzene rings is 1. The second-order valence-electron chi connectivity index (χ2n) is 3.41. The van der Waals surface area contributed by atoms with E-state index >= 15 is 0 Å². The van der Waals surface area contributed by atoms with Crippen LogP contribution in [0.25, 0.3) is 11.3 Å². The Morgan fingerprint density at radius 3 is 2.67 bits per heavy atom. The molecule has 0 saturated carbocycles. The number of aromatic amines is 1. The minimum absolute atomic E-state index is 0.156. The Morgan fingerprint density at radius 2 is 2.00 bits per heavy atom. The Balaban J connectivity index is 2.67. The molecule has 0 aliphatic carbocycles. The molecular weight excluding hydrogens is 279 g/mol. The molecule has 0 bridgehead atoms. The van der Waals surface area contributed by atoms with Crippen molar-refractivity contribution < 1.29 is 9.90 Å². The average Bonchev–Trinajstić information content (AvgIpc) is 2.31. The topological polar surface area (TPSA) is 83.0 Å². The number of aromatic carboxylic acids is 1. The van der Waals surface area contributed by atoms with Crippen LogP contribution in [-0.4, -0.2) is 21.0 Å². The zero-order valence-electron chi connectivity index (χ0n) is 8.78. The number of aromatic nitrogens is 2. The summed E-state index contributed by atoms with van der Waals surface area (Å²) in [5.74, 6) is -1.26. The van der Waals surface area contributed by atoms with Crippen molar-refractivity contribution >= 4 is 29.2 Å². The first-order valence-electron chi connectivity index (χ1n) is 4.77. The maximum Gasteiger partial charge on any atom is 0.352 e. The fourth-order valence-electron chi connectivity index (χ4n) is 1.40. The number of carboxylic acid groups (broad SMARTS) is 1. The van der Waals surface area contributed by atoms with Crippen LogP contribution < -0.4 is 5.69 Å². The molecule has 7 heteroatoms.